The van der Waals surface area contributed by atoms with Gasteiger partial charge in [-0.25, -0.2) is 0 Å². The van der Waals surface area contributed by atoms with Gasteiger partial charge < -0.3 is 15.4 Å². The van der Waals surface area contributed by atoms with Crippen molar-refractivity contribution in [3.05, 3.63) is 0 Å². The van der Waals surface area contributed by atoms with Gasteiger partial charge in [0.25, 0.3) is 0 Å². The second-order valence-electron chi connectivity index (χ2n) is 2.24. The van der Waals surface area contributed by atoms with E-state index in [0.717, 1.165) is 0 Å². The second-order valence-corrected chi connectivity index (χ2v) is 2.24. The minimum atomic E-state index is -1.02. The molecule has 0 bridgehead atoms. The molecule has 0 unspecified atom stereocenters. The van der Waals surface area contributed by atoms with Crippen LogP contribution < -0.4 is 0 Å². The van der Waals surface area contributed by atoms with Gasteiger partial charge in [-0.1, -0.05) is 0 Å². The number of hydrogen-bond donors (Lipinski definition) is 3. The molecule has 0 aliphatic rings. The van der Waals surface area contributed by atoms with Crippen LogP contribution in [0.2, 0.25) is 0 Å². The van der Waals surface area contributed by atoms with Crippen LogP contribution in [-0.4, -0.2) is 45.5 Å². The fourth-order valence-corrected chi connectivity index (χ4v) is 0.561. The number of carboxylic acid groups (broad SMARTS) is 2. The highest BCUT2D eigenvalue weighted by Gasteiger charge is 2.05. The predicted molar refractivity (Wildman–Crippen MR) is 37.9 cm³/mol. The first-order chi connectivity index (χ1) is 5.52. The molecular weight excluding hydrogens is 166 g/mol. The molecule has 12 heavy (non-hydrogen) atoms. The van der Waals surface area contributed by atoms with Crippen LogP contribution in [0, 0.1) is 0 Å². The second kappa shape index (κ2) is 5.50. The van der Waals surface area contributed by atoms with Crippen LogP contribution in [0.4, 0.5) is 0 Å². The number of hydrogen-bond acceptors (Lipinski definition) is 4. The third-order valence-corrected chi connectivity index (χ3v) is 1.17. The van der Waals surface area contributed by atoms with Gasteiger partial charge in [-0.05, 0) is 0 Å². The van der Waals surface area contributed by atoms with Gasteiger partial charge in [-0.15, -0.1) is 0 Å². The van der Waals surface area contributed by atoms with Gasteiger partial charge in [0.15, 0.2) is 0 Å². The van der Waals surface area contributed by atoms with E-state index in [2.05, 4.69) is 0 Å². The van der Waals surface area contributed by atoms with E-state index in [1.54, 1.807) is 0 Å². The van der Waals surface area contributed by atoms with E-state index in [1.165, 1.54) is 0 Å². The summed E-state index contributed by atoms with van der Waals surface area (Å²) >= 11 is 0. The van der Waals surface area contributed by atoms with Crippen molar-refractivity contribution >= 4 is 11.9 Å². The normalized spacial score (nSPS) is 10.2. The highest BCUT2D eigenvalue weighted by Crippen LogP contribution is 1.89. The fourth-order valence-electron chi connectivity index (χ4n) is 0.561. The van der Waals surface area contributed by atoms with Gasteiger partial charge in [0, 0.05) is 13.1 Å². The van der Waals surface area contributed by atoms with Crippen LogP contribution in [0.15, 0.2) is 0 Å². The molecule has 0 saturated heterocycles. The first-order valence-electron chi connectivity index (χ1n) is 3.40. The standard InChI is InChI=1S/C6H11NO5/c8-5(9)1-3-7(12)4-2-6(10)11/h12H,1-4H2,(H,8,9)(H,10,11). The minimum Gasteiger partial charge on any atom is -0.481 e. The maximum absolute atomic E-state index is 9.99. The molecule has 70 valence electrons. The van der Waals surface area contributed by atoms with Gasteiger partial charge in [0.05, 0.1) is 12.8 Å². The summed E-state index contributed by atoms with van der Waals surface area (Å²) in [5, 5.41) is 25.9. The highest BCUT2D eigenvalue weighted by atomic mass is 16.5. The Morgan fingerprint density at radius 2 is 1.33 bits per heavy atom. The maximum atomic E-state index is 9.99. The lowest BCUT2D eigenvalue weighted by atomic mass is 10.4. The summed E-state index contributed by atoms with van der Waals surface area (Å²) in [6.07, 6.45) is -0.397. The zero-order valence-corrected chi connectivity index (χ0v) is 6.43. The lowest BCUT2D eigenvalue weighted by Crippen LogP contribution is -2.25. The Morgan fingerprint density at radius 3 is 1.58 bits per heavy atom. The molecule has 0 aromatic carbocycles. The summed E-state index contributed by atoms with van der Waals surface area (Å²) in [7, 11) is 0. The number of nitrogens with zero attached hydrogens (tertiary/aromatic N) is 1. The van der Waals surface area contributed by atoms with E-state index in [-0.39, 0.29) is 25.9 Å². The van der Waals surface area contributed by atoms with Crippen LogP contribution in [0.1, 0.15) is 12.8 Å². The lowest BCUT2D eigenvalue weighted by molar-refractivity contribution is -0.145. The van der Waals surface area contributed by atoms with E-state index >= 15 is 0 Å². The molecule has 0 aromatic rings. The number of carboxylic acids is 2. The molecule has 0 rings (SSSR count). The van der Waals surface area contributed by atoms with Crippen molar-refractivity contribution in [1.29, 1.82) is 0 Å². The van der Waals surface area contributed by atoms with Gasteiger partial charge in [-0.2, -0.15) is 5.06 Å². The van der Waals surface area contributed by atoms with Crippen molar-refractivity contribution in [2.24, 2.45) is 0 Å². The van der Waals surface area contributed by atoms with Gasteiger partial charge in [0.1, 0.15) is 0 Å². The van der Waals surface area contributed by atoms with E-state index < -0.39 is 11.9 Å². The van der Waals surface area contributed by atoms with Crippen LogP contribution in [0.25, 0.3) is 0 Å². The Hall–Kier alpha value is -1.14. The van der Waals surface area contributed by atoms with Crippen LogP contribution in [0.5, 0.6) is 0 Å². The SMILES string of the molecule is O=C(O)CCN(O)CCC(=O)O. The topological polar surface area (TPSA) is 98.1 Å². The molecule has 0 saturated carbocycles. The number of hydroxylamine groups is 2. The van der Waals surface area contributed by atoms with Crippen molar-refractivity contribution in [2.45, 2.75) is 12.8 Å². The minimum absolute atomic E-state index is 0.0530. The fraction of sp³-hybridized carbons (Fsp3) is 0.667. The predicted octanol–water partition coefficient (Wildman–Crippen LogP) is -0.373. The van der Waals surface area contributed by atoms with Crippen molar-refractivity contribution in [2.75, 3.05) is 13.1 Å². The molecule has 0 spiro atoms. The molecule has 6 heteroatoms. The highest BCUT2D eigenvalue weighted by molar-refractivity contribution is 5.67. The summed E-state index contributed by atoms with van der Waals surface area (Å²) in [4.78, 5) is 20.0. The zero-order chi connectivity index (χ0) is 9.56. The van der Waals surface area contributed by atoms with Crippen LogP contribution in [0.3, 0.4) is 0 Å². The summed E-state index contributed by atoms with van der Waals surface area (Å²) in [5.74, 6) is -2.05. The third-order valence-electron chi connectivity index (χ3n) is 1.17. The van der Waals surface area contributed by atoms with Gasteiger partial charge in [-0.3, -0.25) is 9.59 Å². The molecule has 0 aliphatic heterocycles. The molecule has 0 fully saturated rings. The largest absolute Gasteiger partial charge is 0.481 e. The Labute approximate surface area is 69.0 Å². The first kappa shape index (κ1) is 10.9. The monoisotopic (exact) mass is 177 g/mol. The van der Waals surface area contributed by atoms with E-state index in [9.17, 15) is 9.59 Å². The number of carbonyl (C=O) groups is 2. The van der Waals surface area contributed by atoms with E-state index in [4.69, 9.17) is 15.4 Å². The smallest absolute Gasteiger partial charge is 0.304 e. The molecule has 0 aromatic heterocycles. The Bertz CT molecular complexity index is 151. The van der Waals surface area contributed by atoms with Crippen molar-refractivity contribution in [3.63, 3.8) is 0 Å². The zero-order valence-electron chi connectivity index (χ0n) is 6.43. The van der Waals surface area contributed by atoms with Crippen LogP contribution >= 0.6 is 0 Å². The Kier molecular flexibility index (Phi) is 4.98. The first-order valence-corrected chi connectivity index (χ1v) is 3.40. The summed E-state index contributed by atoms with van der Waals surface area (Å²) in [6.45, 7) is -0.106. The van der Waals surface area contributed by atoms with E-state index in [0.29, 0.717) is 5.06 Å². The summed E-state index contributed by atoms with van der Waals surface area (Å²) < 4.78 is 0. The molecule has 3 N–H and O–H groups in total. The van der Waals surface area contributed by atoms with E-state index in [1.807, 2.05) is 0 Å². The average Bonchev–Trinajstić information content (AvgIpc) is 1.96. The van der Waals surface area contributed by atoms with Crippen molar-refractivity contribution in [1.82, 2.24) is 5.06 Å². The summed E-state index contributed by atoms with van der Waals surface area (Å²) in [6, 6.07) is 0. The Balaban J connectivity index is 3.39. The number of aliphatic carboxylic acids is 2. The number of rotatable bonds is 6. The molecule has 0 amide bonds. The molecule has 0 heterocycles. The molecule has 0 radical (unpaired) electrons. The molecular formula is C6H11NO5. The van der Waals surface area contributed by atoms with Crippen molar-refractivity contribution < 1.29 is 25.0 Å². The maximum Gasteiger partial charge on any atom is 0.304 e. The van der Waals surface area contributed by atoms with Crippen molar-refractivity contribution in [3.8, 4) is 0 Å². The van der Waals surface area contributed by atoms with Gasteiger partial charge >= 0.3 is 11.9 Å². The lowest BCUT2D eigenvalue weighted by Gasteiger charge is -2.10. The quantitative estimate of drug-likeness (QED) is 0.479. The molecule has 0 atom stereocenters. The molecule has 6 nitrogen and oxygen atoms in total. The van der Waals surface area contributed by atoms with Gasteiger partial charge in [0.2, 0.25) is 0 Å². The summed E-state index contributed by atoms with van der Waals surface area (Å²) in [5.41, 5.74) is 0. The average molecular weight is 177 g/mol. The third kappa shape index (κ3) is 6.97. The van der Waals surface area contributed by atoms with Crippen LogP contribution in [-0.2, 0) is 9.59 Å². The molecule has 0 aliphatic carbocycles. The Morgan fingerprint density at radius 1 is 1.00 bits per heavy atom.